The van der Waals surface area contributed by atoms with Gasteiger partial charge in [0, 0.05) is 16.1 Å². The Balaban J connectivity index is 2.54. The lowest BCUT2D eigenvalue weighted by Gasteiger charge is -2.12. The summed E-state index contributed by atoms with van der Waals surface area (Å²) in [5.74, 6) is -0.397. The smallest absolute Gasteiger partial charge is 0.406 e. The van der Waals surface area contributed by atoms with Crippen LogP contribution in [0.1, 0.15) is 5.56 Å². The molecule has 0 aliphatic carbocycles. The summed E-state index contributed by atoms with van der Waals surface area (Å²) >= 11 is 6.00. The maximum absolute atomic E-state index is 12.2. The van der Waals surface area contributed by atoms with Crippen molar-refractivity contribution in [2.75, 3.05) is 0 Å². The third-order valence-corrected chi connectivity index (χ3v) is 2.84. The van der Waals surface area contributed by atoms with Crippen molar-refractivity contribution >= 4 is 11.6 Å². The minimum absolute atomic E-state index is 0.215. The van der Waals surface area contributed by atoms with E-state index in [9.17, 15) is 13.2 Å². The van der Waals surface area contributed by atoms with Gasteiger partial charge >= 0.3 is 6.36 Å². The highest BCUT2D eigenvalue weighted by molar-refractivity contribution is 6.33. The largest absolute Gasteiger partial charge is 0.573 e. The second-order valence-corrected chi connectivity index (χ2v) is 4.25. The number of benzene rings is 2. The number of ether oxygens (including phenoxy) is 1. The number of halogens is 4. The van der Waals surface area contributed by atoms with Crippen molar-refractivity contribution in [2.45, 2.75) is 6.36 Å². The summed E-state index contributed by atoms with van der Waals surface area (Å²) in [6, 6.07) is 12.0. The third kappa shape index (κ3) is 3.22. The molecule has 0 saturated carbocycles. The maximum Gasteiger partial charge on any atom is 0.573 e. The number of hydrogen-bond acceptors (Lipinski definition) is 2. The molecule has 2 rings (SSSR count). The number of nitriles is 1. The first-order valence-electron chi connectivity index (χ1n) is 5.45. The second kappa shape index (κ2) is 5.43. The van der Waals surface area contributed by atoms with E-state index in [1.54, 1.807) is 24.3 Å². The normalized spacial score (nSPS) is 10.9. The quantitative estimate of drug-likeness (QED) is 0.799. The third-order valence-electron chi connectivity index (χ3n) is 2.51. The van der Waals surface area contributed by atoms with Gasteiger partial charge in [0.15, 0.2) is 0 Å². The molecule has 2 aromatic carbocycles. The number of rotatable bonds is 2. The Bertz CT molecular complexity index is 677. The zero-order valence-corrected chi connectivity index (χ0v) is 10.7. The van der Waals surface area contributed by atoms with Crippen LogP contribution in [0.2, 0.25) is 5.02 Å². The Morgan fingerprint density at radius 1 is 1.05 bits per heavy atom. The molecule has 20 heavy (non-hydrogen) atoms. The van der Waals surface area contributed by atoms with Crippen LogP contribution in [-0.2, 0) is 0 Å². The minimum Gasteiger partial charge on any atom is -0.406 e. The van der Waals surface area contributed by atoms with E-state index in [-0.39, 0.29) is 5.56 Å². The van der Waals surface area contributed by atoms with Crippen LogP contribution in [0.15, 0.2) is 42.5 Å². The molecule has 0 heterocycles. The fraction of sp³-hybridized carbons (Fsp3) is 0.0714. The molecule has 0 aromatic heterocycles. The van der Waals surface area contributed by atoms with Crippen LogP contribution < -0.4 is 4.74 Å². The van der Waals surface area contributed by atoms with Crippen LogP contribution in [0.25, 0.3) is 11.1 Å². The molecular weight excluding hydrogens is 291 g/mol. The Hall–Kier alpha value is -2.19. The van der Waals surface area contributed by atoms with Gasteiger partial charge in [-0.2, -0.15) is 5.26 Å². The first kappa shape index (κ1) is 14.2. The topological polar surface area (TPSA) is 33.0 Å². The Morgan fingerprint density at radius 3 is 2.35 bits per heavy atom. The van der Waals surface area contributed by atoms with Crippen molar-refractivity contribution in [2.24, 2.45) is 0 Å². The van der Waals surface area contributed by atoms with E-state index >= 15 is 0 Å². The first-order chi connectivity index (χ1) is 9.40. The van der Waals surface area contributed by atoms with Crippen molar-refractivity contribution in [3.05, 3.63) is 53.1 Å². The highest BCUT2D eigenvalue weighted by Gasteiger charge is 2.31. The van der Waals surface area contributed by atoms with Gasteiger partial charge in [-0.3, -0.25) is 0 Å². The van der Waals surface area contributed by atoms with E-state index in [4.69, 9.17) is 16.9 Å². The summed E-state index contributed by atoms with van der Waals surface area (Å²) in [5.41, 5.74) is 0.978. The Morgan fingerprint density at radius 2 is 1.75 bits per heavy atom. The zero-order chi connectivity index (χ0) is 14.8. The molecule has 0 aliphatic heterocycles. The lowest BCUT2D eigenvalue weighted by Crippen LogP contribution is -2.17. The molecule has 0 atom stereocenters. The van der Waals surface area contributed by atoms with E-state index < -0.39 is 12.1 Å². The lowest BCUT2D eigenvalue weighted by atomic mass is 10.00. The van der Waals surface area contributed by atoms with Gasteiger partial charge < -0.3 is 4.74 Å². The van der Waals surface area contributed by atoms with Crippen LogP contribution in [0.3, 0.4) is 0 Å². The molecular formula is C14H7ClF3NO. The van der Waals surface area contributed by atoms with Gasteiger partial charge in [-0.1, -0.05) is 29.8 Å². The molecule has 6 heteroatoms. The highest BCUT2D eigenvalue weighted by atomic mass is 35.5. The average Bonchev–Trinajstić information content (AvgIpc) is 2.37. The Labute approximate surface area is 118 Å². The van der Waals surface area contributed by atoms with Gasteiger partial charge in [-0.25, -0.2) is 0 Å². The molecule has 0 bridgehead atoms. The number of alkyl halides is 3. The monoisotopic (exact) mass is 297 g/mol. The molecule has 2 nitrogen and oxygen atoms in total. The van der Waals surface area contributed by atoms with Crippen LogP contribution in [-0.4, -0.2) is 6.36 Å². The maximum atomic E-state index is 12.2. The Kier molecular flexibility index (Phi) is 3.86. The van der Waals surface area contributed by atoms with Crippen molar-refractivity contribution in [1.82, 2.24) is 0 Å². The molecule has 0 unspecified atom stereocenters. The van der Waals surface area contributed by atoms with Crippen LogP contribution in [0, 0.1) is 11.3 Å². The SMILES string of the molecule is N#Cc1ccc(OC(F)(F)F)cc1-c1ccccc1Cl. The van der Waals surface area contributed by atoms with E-state index in [0.717, 1.165) is 12.1 Å². The summed E-state index contributed by atoms with van der Waals surface area (Å²) in [4.78, 5) is 0. The predicted molar refractivity (Wildman–Crippen MR) is 68.3 cm³/mol. The number of nitrogens with zero attached hydrogens (tertiary/aromatic N) is 1. The molecule has 0 amide bonds. The fourth-order valence-electron chi connectivity index (χ4n) is 1.72. The van der Waals surface area contributed by atoms with Gasteiger partial charge in [0.05, 0.1) is 11.6 Å². The summed E-state index contributed by atoms with van der Waals surface area (Å²) in [7, 11) is 0. The first-order valence-corrected chi connectivity index (χ1v) is 5.83. The van der Waals surface area contributed by atoms with Gasteiger partial charge in [-0.05, 0) is 24.3 Å². The molecule has 0 radical (unpaired) electrons. The molecule has 0 N–H and O–H groups in total. The number of hydrogen-bond donors (Lipinski definition) is 0. The second-order valence-electron chi connectivity index (χ2n) is 3.85. The van der Waals surface area contributed by atoms with Crippen LogP contribution in [0.4, 0.5) is 13.2 Å². The summed E-state index contributed by atoms with van der Waals surface area (Å²) < 4.78 is 40.5. The van der Waals surface area contributed by atoms with Crippen LogP contribution >= 0.6 is 11.6 Å². The summed E-state index contributed by atoms with van der Waals surface area (Å²) in [5, 5.41) is 9.38. The fourth-order valence-corrected chi connectivity index (χ4v) is 1.96. The van der Waals surface area contributed by atoms with Crippen molar-refractivity contribution in [3.8, 4) is 22.9 Å². The summed E-state index contributed by atoms with van der Waals surface area (Å²) in [6.45, 7) is 0. The molecule has 0 spiro atoms. The van der Waals surface area contributed by atoms with Gasteiger partial charge in [0.25, 0.3) is 0 Å². The van der Waals surface area contributed by atoms with E-state index in [1.165, 1.54) is 6.07 Å². The van der Waals surface area contributed by atoms with E-state index in [1.807, 2.05) is 6.07 Å². The van der Waals surface area contributed by atoms with E-state index in [2.05, 4.69) is 4.74 Å². The van der Waals surface area contributed by atoms with Crippen molar-refractivity contribution in [1.29, 1.82) is 5.26 Å². The molecule has 2 aromatic rings. The standard InChI is InChI=1S/C14H7ClF3NO/c15-13-4-2-1-3-11(13)12-7-10(20-14(16,17)18)6-5-9(12)8-19/h1-7H. The van der Waals surface area contributed by atoms with Crippen LogP contribution in [0.5, 0.6) is 5.75 Å². The zero-order valence-electron chi connectivity index (χ0n) is 9.91. The van der Waals surface area contributed by atoms with Gasteiger partial charge in [0.1, 0.15) is 5.75 Å². The molecule has 0 fully saturated rings. The molecule has 0 aliphatic rings. The lowest BCUT2D eigenvalue weighted by molar-refractivity contribution is -0.274. The highest BCUT2D eigenvalue weighted by Crippen LogP contribution is 2.34. The summed E-state index contributed by atoms with van der Waals surface area (Å²) in [6.07, 6.45) is -4.79. The van der Waals surface area contributed by atoms with E-state index in [0.29, 0.717) is 16.1 Å². The van der Waals surface area contributed by atoms with Crippen molar-refractivity contribution in [3.63, 3.8) is 0 Å². The average molecular weight is 298 g/mol. The molecule has 102 valence electrons. The van der Waals surface area contributed by atoms with Gasteiger partial charge in [-0.15, -0.1) is 13.2 Å². The predicted octanol–water partition coefficient (Wildman–Crippen LogP) is 4.78. The van der Waals surface area contributed by atoms with Gasteiger partial charge in [0.2, 0.25) is 0 Å². The minimum atomic E-state index is -4.79. The van der Waals surface area contributed by atoms with Crippen molar-refractivity contribution < 1.29 is 17.9 Å². The molecule has 0 saturated heterocycles.